The maximum absolute atomic E-state index is 14.2. The number of anilines is 3. The van der Waals surface area contributed by atoms with Gasteiger partial charge in [0, 0.05) is 82.2 Å². The van der Waals surface area contributed by atoms with Crippen molar-refractivity contribution in [2.45, 2.75) is 83.3 Å². The van der Waals surface area contributed by atoms with Gasteiger partial charge in [-0.2, -0.15) is 0 Å². The molecule has 2 aromatic carbocycles. The monoisotopic (exact) mass is 912 g/mol. The Morgan fingerprint density at radius 1 is 0.925 bits per heavy atom. The van der Waals surface area contributed by atoms with E-state index in [0.717, 1.165) is 42.4 Å². The lowest BCUT2D eigenvalue weighted by molar-refractivity contribution is -0.198. The number of aryl methyl sites for hydroxylation is 3. The van der Waals surface area contributed by atoms with Crippen LogP contribution in [0.3, 0.4) is 0 Å². The Hall–Kier alpha value is -7.11. The van der Waals surface area contributed by atoms with Crippen molar-refractivity contribution in [1.29, 1.82) is 0 Å². The largest absolute Gasteiger partial charge is 0.493 e. The van der Waals surface area contributed by atoms with E-state index in [1.807, 2.05) is 55.4 Å². The van der Waals surface area contributed by atoms with Gasteiger partial charge in [0.2, 0.25) is 11.7 Å². The summed E-state index contributed by atoms with van der Waals surface area (Å²) in [6.45, 7) is 6.74. The molecule has 350 valence electrons. The van der Waals surface area contributed by atoms with Crippen LogP contribution in [-0.4, -0.2) is 98.5 Å². The van der Waals surface area contributed by atoms with E-state index >= 15 is 0 Å². The molecule has 2 N–H and O–H groups in total. The van der Waals surface area contributed by atoms with Gasteiger partial charge in [-0.1, -0.05) is 36.9 Å². The van der Waals surface area contributed by atoms with Crippen molar-refractivity contribution >= 4 is 46.8 Å². The average molecular weight is 913 g/mol. The lowest BCUT2D eigenvalue weighted by Gasteiger charge is -2.42. The number of imidazole rings is 1. The van der Waals surface area contributed by atoms with Crippen molar-refractivity contribution in [3.8, 4) is 16.9 Å². The van der Waals surface area contributed by atoms with Gasteiger partial charge in [-0.3, -0.25) is 24.2 Å². The summed E-state index contributed by atoms with van der Waals surface area (Å²) in [6, 6.07) is 15.8. The highest BCUT2D eigenvalue weighted by atomic mass is 16.7. The SMILES string of the molecule is C=CCOC(=O)N1c2cc(OCCCC(=O)Nc3cn(C)c(C(=O)Cc4ccc(-c5cc(C(=O)Nc6ccncc6)n(C)c5)cc4)n3)c(C)cc2C(=O)N2CCCC[C@H]2C1OC1CCCCO1. The summed E-state index contributed by atoms with van der Waals surface area (Å²) < 4.78 is 27.7. The van der Waals surface area contributed by atoms with Gasteiger partial charge in [0.1, 0.15) is 18.1 Å². The first-order chi connectivity index (χ1) is 32.5. The highest BCUT2D eigenvalue weighted by Crippen LogP contribution is 2.40. The summed E-state index contributed by atoms with van der Waals surface area (Å²) in [4.78, 5) is 79.2. The minimum absolute atomic E-state index is 0.0296. The Bertz CT molecular complexity index is 2620. The molecule has 3 aliphatic rings. The van der Waals surface area contributed by atoms with Crippen LogP contribution in [0.5, 0.6) is 5.75 Å². The van der Waals surface area contributed by atoms with E-state index in [1.165, 1.54) is 11.0 Å². The molecule has 6 heterocycles. The zero-order valence-electron chi connectivity index (χ0n) is 38.1. The summed E-state index contributed by atoms with van der Waals surface area (Å²) >= 11 is 0. The zero-order valence-corrected chi connectivity index (χ0v) is 38.1. The molecule has 0 aliphatic carbocycles. The molecule has 8 rings (SSSR count). The summed E-state index contributed by atoms with van der Waals surface area (Å²) in [5.41, 5.74) is 5.02. The Morgan fingerprint density at radius 2 is 1.72 bits per heavy atom. The van der Waals surface area contributed by atoms with Crippen LogP contribution in [-0.2, 0) is 39.5 Å². The fourth-order valence-corrected chi connectivity index (χ4v) is 8.76. The molecule has 0 bridgehead atoms. The first-order valence-electron chi connectivity index (χ1n) is 22.7. The molecule has 17 nitrogen and oxygen atoms in total. The number of rotatable bonds is 16. The van der Waals surface area contributed by atoms with Crippen LogP contribution < -0.4 is 20.3 Å². The zero-order chi connectivity index (χ0) is 47.0. The highest BCUT2D eigenvalue weighted by Gasteiger charge is 2.46. The first kappa shape index (κ1) is 46.4. The van der Waals surface area contributed by atoms with Crippen LogP contribution >= 0.6 is 0 Å². The van der Waals surface area contributed by atoms with Crippen molar-refractivity contribution in [1.82, 2.24) is 24.0 Å². The number of hydrogen-bond acceptors (Lipinski definition) is 11. The van der Waals surface area contributed by atoms with Crippen LogP contribution in [0.4, 0.5) is 22.0 Å². The highest BCUT2D eigenvalue weighted by molar-refractivity contribution is 6.06. The Balaban J connectivity index is 0.874. The number of pyridine rings is 1. The third kappa shape index (κ3) is 10.8. The molecule has 3 atom stereocenters. The molecule has 4 amide bonds. The van der Waals surface area contributed by atoms with Gasteiger partial charge in [-0.05, 0) is 92.8 Å². The number of hydrogen-bond donors (Lipinski definition) is 2. The van der Waals surface area contributed by atoms with E-state index in [4.69, 9.17) is 18.9 Å². The van der Waals surface area contributed by atoms with E-state index in [-0.39, 0.29) is 61.2 Å². The van der Waals surface area contributed by atoms with E-state index in [1.54, 1.807) is 59.0 Å². The van der Waals surface area contributed by atoms with Crippen LogP contribution in [0.15, 0.2) is 92.0 Å². The van der Waals surface area contributed by atoms with Gasteiger partial charge >= 0.3 is 6.09 Å². The average Bonchev–Trinajstić information content (AvgIpc) is 3.89. The van der Waals surface area contributed by atoms with E-state index in [2.05, 4.69) is 27.2 Å². The predicted octanol–water partition coefficient (Wildman–Crippen LogP) is 7.61. The standard InChI is InChI=1S/C50H56N8O9/c1-5-23-66-50(63)58-39-29-42(32(2)26-37(39)48(62)57-22-8-6-11-38(57)49(58)67-45-13-7-9-24-65-45)64-25-10-12-44(60)53-43-31-56(4)46(54-43)41(59)27-33-14-16-34(17-15-33)35-28-40(55(3)30-35)47(61)52-36-18-20-51-21-19-36/h5,14-21,26,28-31,38,45,49H,1,6-13,22-25,27H2,2-4H3,(H,53,60)(H,51,52,61)/t38-,45?,49?/m0/s1. The van der Waals surface area contributed by atoms with Gasteiger partial charge in [0.15, 0.2) is 24.2 Å². The van der Waals surface area contributed by atoms with Crippen LogP contribution in [0.2, 0.25) is 0 Å². The lowest BCUT2D eigenvalue weighted by Crippen LogP contribution is -2.57. The molecule has 5 aromatic rings. The number of Topliss-reactive ketones (excluding diaryl/α,β-unsaturated/α-hetero) is 1. The second-order valence-electron chi connectivity index (χ2n) is 17.0. The summed E-state index contributed by atoms with van der Waals surface area (Å²) in [7, 11) is 3.51. The fourth-order valence-electron chi connectivity index (χ4n) is 8.76. The van der Waals surface area contributed by atoms with Gasteiger partial charge in [-0.15, -0.1) is 0 Å². The maximum atomic E-state index is 14.2. The molecule has 3 aromatic heterocycles. The number of carbonyl (C=O) groups excluding carboxylic acids is 5. The lowest BCUT2D eigenvalue weighted by atomic mass is 10.00. The topological polar surface area (TPSA) is 188 Å². The van der Waals surface area contributed by atoms with Crippen molar-refractivity contribution in [3.63, 3.8) is 0 Å². The quantitative estimate of drug-likeness (QED) is 0.0563. The first-order valence-corrected chi connectivity index (χ1v) is 22.7. The maximum Gasteiger partial charge on any atom is 0.416 e. The number of benzene rings is 2. The molecule has 3 aliphatic heterocycles. The molecule has 2 unspecified atom stereocenters. The molecule has 0 radical (unpaired) electrons. The molecular weight excluding hydrogens is 857 g/mol. The molecule has 2 fully saturated rings. The second kappa shape index (κ2) is 21.0. The number of nitrogens with zero attached hydrogens (tertiary/aromatic N) is 6. The second-order valence-corrected chi connectivity index (χ2v) is 17.0. The number of aromatic nitrogens is 4. The molecule has 2 saturated heterocycles. The van der Waals surface area contributed by atoms with Crippen molar-refractivity contribution in [2.24, 2.45) is 14.1 Å². The van der Waals surface area contributed by atoms with E-state index < -0.39 is 24.7 Å². The normalized spacial score (nSPS) is 18.0. The van der Waals surface area contributed by atoms with Gasteiger partial charge in [0.25, 0.3) is 11.8 Å². The van der Waals surface area contributed by atoms with Crippen LogP contribution in [0.1, 0.15) is 94.0 Å². The number of carbonyl (C=O) groups is 5. The number of ether oxygens (including phenoxy) is 4. The van der Waals surface area contributed by atoms with Crippen LogP contribution in [0, 0.1) is 6.92 Å². The summed E-state index contributed by atoms with van der Waals surface area (Å²) in [5, 5.41) is 5.67. The molecular formula is C50H56N8O9. The van der Waals surface area contributed by atoms with Crippen molar-refractivity contribution in [2.75, 3.05) is 41.9 Å². The number of nitrogens with one attached hydrogen (secondary N) is 2. The Morgan fingerprint density at radius 3 is 2.48 bits per heavy atom. The van der Waals surface area contributed by atoms with Crippen molar-refractivity contribution in [3.05, 3.63) is 120 Å². The van der Waals surface area contributed by atoms with Crippen LogP contribution in [0.25, 0.3) is 11.1 Å². The Kier molecular flexibility index (Phi) is 14.6. The van der Waals surface area contributed by atoms with Crippen molar-refractivity contribution < 1.29 is 42.9 Å². The fraction of sp³-hybridized carbons (Fsp3) is 0.380. The van der Waals surface area contributed by atoms with Gasteiger partial charge in [-0.25, -0.2) is 14.7 Å². The van der Waals surface area contributed by atoms with Gasteiger partial charge in [0.05, 0.1) is 23.9 Å². The third-order valence-corrected chi connectivity index (χ3v) is 12.2. The predicted molar refractivity (Wildman–Crippen MR) is 250 cm³/mol. The molecule has 67 heavy (non-hydrogen) atoms. The molecule has 0 saturated carbocycles. The van der Waals surface area contributed by atoms with E-state index in [0.29, 0.717) is 66.4 Å². The molecule has 17 heteroatoms. The number of amides is 4. The van der Waals surface area contributed by atoms with E-state index in [9.17, 15) is 24.0 Å². The van der Waals surface area contributed by atoms with Gasteiger partial charge < -0.3 is 43.6 Å². The minimum atomic E-state index is -0.865. The summed E-state index contributed by atoms with van der Waals surface area (Å²) in [6.07, 6.45) is 11.5. The smallest absolute Gasteiger partial charge is 0.416 e. The third-order valence-electron chi connectivity index (χ3n) is 12.2. The molecule has 0 spiro atoms. The minimum Gasteiger partial charge on any atom is -0.493 e. The number of fused-ring (bicyclic) bond motifs is 2. The number of piperidine rings is 1. The Labute approximate surface area is 389 Å². The summed E-state index contributed by atoms with van der Waals surface area (Å²) in [5.74, 6) is -0.0700. The number of ketones is 1.